The Bertz CT molecular complexity index is 2020. The van der Waals surface area contributed by atoms with E-state index in [0.717, 1.165) is 16.8 Å². The highest BCUT2D eigenvalue weighted by Gasteiger charge is 2.53. The second-order valence-corrected chi connectivity index (χ2v) is 13.2. The summed E-state index contributed by atoms with van der Waals surface area (Å²) in [7, 11) is 1.42. The number of esters is 1. The van der Waals surface area contributed by atoms with E-state index in [0.29, 0.717) is 12.0 Å². The smallest absolute Gasteiger partial charge is 0.364 e. The molecule has 0 radical (unpaired) electrons. The topological polar surface area (TPSA) is 190 Å². The van der Waals surface area contributed by atoms with Crippen molar-refractivity contribution < 1.29 is 48.3 Å². The van der Waals surface area contributed by atoms with Crippen LogP contribution >= 0.6 is 0 Å². The molecule has 4 aromatic rings. The summed E-state index contributed by atoms with van der Waals surface area (Å²) in [5.74, 6) is -1.75. The molecule has 0 aliphatic carbocycles. The second kappa shape index (κ2) is 14.0. The van der Waals surface area contributed by atoms with Crippen LogP contribution in [0.5, 0.6) is 17.2 Å². The summed E-state index contributed by atoms with van der Waals surface area (Å²) in [4.78, 5) is 42.3. The molecule has 5 N–H and O–H groups in total. The van der Waals surface area contributed by atoms with E-state index in [1.807, 2.05) is 33.8 Å². The van der Waals surface area contributed by atoms with Gasteiger partial charge in [-0.1, -0.05) is 11.6 Å². The van der Waals surface area contributed by atoms with Gasteiger partial charge in [0.1, 0.15) is 28.9 Å². The number of hydrogen-bond donors (Lipinski definition) is 5. The molecule has 1 fully saturated rings. The van der Waals surface area contributed by atoms with Crippen LogP contribution in [-0.2, 0) is 20.6 Å². The van der Waals surface area contributed by atoms with E-state index in [2.05, 4.69) is 10.3 Å². The molecule has 5 rings (SSSR count). The molecule has 3 heterocycles. The number of aromatic nitrogens is 1. The standard InChI is InChI=1S/C37H42N2O11/c1-17(2)9-10-21-16-22(11-13-25(21)40)33(43)39-27-28(41)23-12-14-26(19(4)30(23)48-35(27)45)47-36-29(42)31(32(46-8)37(6,7)50-36)49-34(44)24-15-18(3)20(5)38-24/h9,11-16,29,31-32,36,38,40-42H,10H2,1-8H3,(H,39,43)/t29-,31+,32-,36-/m1/s1. The number of anilines is 1. The van der Waals surface area contributed by atoms with Crippen LogP contribution in [0.3, 0.4) is 0 Å². The lowest BCUT2D eigenvalue weighted by Gasteiger charge is -2.47. The van der Waals surface area contributed by atoms with Crippen LogP contribution in [0.15, 0.2) is 57.3 Å². The SMILES string of the molecule is CO[C@@H]1[C@@H](OC(=O)c2cc(C)c(C)[nH]2)[C@@H](O)[C@H](Oc2ccc3c(O)c(NC(=O)c4ccc(O)c(CC=C(C)C)c4)c(=O)oc3c2C)OC1(C)C. The molecule has 4 atom stereocenters. The first-order valence-electron chi connectivity index (χ1n) is 16.0. The molecule has 0 bridgehead atoms. The predicted octanol–water partition coefficient (Wildman–Crippen LogP) is 5.33. The van der Waals surface area contributed by atoms with Gasteiger partial charge in [0.25, 0.3) is 5.91 Å². The predicted molar refractivity (Wildman–Crippen MR) is 184 cm³/mol. The van der Waals surface area contributed by atoms with Gasteiger partial charge in [-0.15, -0.1) is 0 Å². The van der Waals surface area contributed by atoms with Crippen molar-refractivity contribution in [2.24, 2.45) is 0 Å². The number of benzene rings is 2. The van der Waals surface area contributed by atoms with Crippen LogP contribution in [-0.4, -0.2) is 69.5 Å². The van der Waals surface area contributed by atoms with Crippen LogP contribution in [0.25, 0.3) is 11.0 Å². The quantitative estimate of drug-likeness (QED) is 0.0867. The highest BCUT2D eigenvalue weighted by atomic mass is 16.7. The molecule has 13 nitrogen and oxygen atoms in total. The molecule has 1 aliphatic heterocycles. The van der Waals surface area contributed by atoms with E-state index >= 15 is 0 Å². The second-order valence-electron chi connectivity index (χ2n) is 13.2. The number of aliphatic hydroxyl groups is 1. The van der Waals surface area contributed by atoms with Gasteiger partial charge in [0.05, 0.1) is 11.0 Å². The van der Waals surface area contributed by atoms with Gasteiger partial charge in [-0.25, -0.2) is 9.59 Å². The Kier molecular flexibility index (Phi) is 10.1. The Hall–Kier alpha value is -5.11. The third kappa shape index (κ3) is 7.11. The largest absolute Gasteiger partial charge is 0.508 e. The number of fused-ring (bicyclic) bond motifs is 1. The lowest BCUT2D eigenvalue weighted by molar-refractivity contribution is -0.305. The van der Waals surface area contributed by atoms with Gasteiger partial charge in [-0.05, 0) is 102 Å². The molecule has 1 saturated heterocycles. The van der Waals surface area contributed by atoms with Crippen molar-refractivity contribution in [2.75, 3.05) is 12.4 Å². The van der Waals surface area contributed by atoms with Gasteiger partial charge in [0, 0.05) is 23.9 Å². The van der Waals surface area contributed by atoms with E-state index in [1.54, 1.807) is 26.8 Å². The number of ether oxygens (including phenoxy) is 4. The van der Waals surface area contributed by atoms with Crippen LogP contribution < -0.4 is 15.7 Å². The molecular weight excluding hydrogens is 648 g/mol. The number of aromatic amines is 1. The number of carbonyl (C=O) groups is 2. The maximum Gasteiger partial charge on any atom is 0.364 e. The van der Waals surface area contributed by atoms with Gasteiger partial charge < -0.3 is 49.0 Å². The van der Waals surface area contributed by atoms with Crippen molar-refractivity contribution in [1.82, 2.24) is 4.98 Å². The summed E-state index contributed by atoms with van der Waals surface area (Å²) < 4.78 is 29.1. The molecule has 2 aromatic carbocycles. The van der Waals surface area contributed by atoms with E-state index in [-0.39, 0.29) is 39.3 Å². The van der Waals surface area contributed by atoms with Crippen LogP contribution in [0.1, 0.15) is 70.9 Å². The number of phenolic OH excluding ortho intramolecular Hbond substituents is 1. The van der Waals surface area contributed by atoms with Crippen molar-refractivity contribution in [3.8, 4) is 17.2 Å². The van der Waals surface area contributed by atoms with Gasteiger partial charge in [-0.2, -0.15) is 0 Å². The summed E-state index contributed by atoms with van der Waals surface area (Å²) >= 11 is 0. The van der Waals surface area contributed by atoms with Gasteiger partial charge in [0.15, 0.2) is 23.6 Å². The number of allylic oxidation sites excluding steroid dienone is 2. The minimum atomic E-state index is -1.51. The fraction of sp³-hybridized carbons (Fsp3) is 0.378. The Morgan fingerprint density at radius 3 is 2.44 bits per heavy atom. The maximum atomic E-state index is 13.1. The van der Waals surface area contributed by atoms with E-state index in [1.165, 1.54) is 37.4 Å². The number of H-pyrrole nitrogens is 1. The van der Waals surface area contributed by atoms with Crippen molar-refractivity contribution in [3.63, 3.8) is 0 Å². The molecule has 1 amide bonds. The summed E-state index contributed by atoms with van der Waals surface area (Å²) in [6.45, 7) is 12.5. The minimum absolute atomic E-state index is 0.0205. The molecule has 266 valence electrons. The average Bonchev–Trinajstić information content (AvgIpc) is 3.39. The molecule has 13 heteroatoms. The zero-order chi connectivity index (χ0) is 36.7. The number of amides is 1. The molecule has 2 aromatic heterocycles. The number of carbonyl (C=O) groups excluding carboxylic acids is 2. The van der Waals surface area contributed by atoms with E-state index in [4.69, 9.17) is 23.4 Å². The Morgan fingerprint density at radius 1 is 1.08 bits per heavy atom. The first kappa shape index (κ1) is 36.2. The summed E-state index contributed by atoms with van der Waals surface area (Å²) in [6, 6.07) is 8.85. The number of aromatic hydroxyl groups is 2. The van der Waals surface area contributed by atoms with E-state index in [9.17, 15) is 29.7 Å². The molecule has 0 unspecified atom stereocenters. The Balaban J connectivity index is 1.40. The van der Waals surface area contributed by atoms with Crippen molar-refractivity contribution in [2.45, 2.75) is 85.1 Å². The van der Waals surface area contributed by atoms with Gasteiger partial charge >= 0.3 is 11.6 Å². The Morgan fingerprint density at radius 2 is 1.80 bits per heavy atom. The van der Waals surface area contributed by atoms with Crippen LogP contribution in [0, 0.1) is 20.8 Å². The summed E-state index contributed by atoms with van der Waals surface area (Å²) in [6.07, 6.45) is -2.64. The molecule has 0 spiro atoms. The first-order chi connectivity index (χ1) is 23.5. The number of rotatable bonds is 9. The number of aliphatic hydroxyl groups excluding tert-OH is 1. The van der Waals surface area contributed by atoms with Gasteiger partial charge in [0.2, 0.25) is 6.29 Å². The molecular formula is C37H42N2O11. The zero-order valence-corrected chi connectivity index (χ0v) is 29.2. The maximum absolute atomic E-state index is 13.1. The number of hydrogen-bond acceptors (Lipinski definition) is 11. The highest BCUT2D eigenvalue weighted by molar-refractivity contribution is 6.06. The van der Waals surface area contributed by atoms with Crippen LogP contribution in [0.4, 0.5) is 5.69 Å². The summed E-state index contributed by atoms with van der Waals surface area (Å²) in [5, 5.41) is 35.2. The third-order valence-electron chi connectivity index (χ3n) is 8.81. The Labute approximate surface area is 288 Å². The number of aryl methyl sites for hydroxylation is 3. The van der Waals surface area contributed by atoms with Crippen LogP contribution in [0.2, 0.25) is 0 Å². The average molecular weight is 691 g/mol. The fourth-order valence-corrected chi connectivity index (χ4v) is 5.89. The third-order valence-corrected chi connectivity index (χ3v) is 8.81. The van der Waals surface area contributed by atoms with Crippen molar-refractivity contribution >= 4 is 28.5 Å². The first-order valence-corrected chi connectivity index (χ1v) is 16.0. The molecule has 50 heavy (non-hydrogen) atoms. The lowest BCUT2D eigenvalue weighted by Crippen LogP contribution is -2.65. The highest BCUT2D eigenvalue weighted by Crippen LogP contribution is 2.39. The zero-order valence-electron chi connectivity index (χ0n) is 29.2. The summed E-state index contributed by atoms with van der Waals surface area (Å²) in [5.41, 5.74) is 1.26. The van der Waals surface area contributed by atoms with Gasteiger partial charge in [-0.3, -0.25) is 4.79 Å². The fourth-order valence-electron chi connectivity index (χ4n) is 5.89. The number of nitrogens with one attached hydrogen (secondary N) is 2. The number of phenols is 1. The molecule has 0 saturated carbocycles. The van der Waals surface area contributed by atoms with Crippen molar-refractivity contribution in [1.29, 1.82) is 0 Å². The monoisotopic (exact) mass is 690 g/mol. The minimum Gasteiger partial charge on any atom is -0.508 e. The van der Waals surface area contributed by atoms with E-state index < -0.39 is 59.1 Å². The van der Waals surface area contributed by atoms with Crippen molar-refractivity contribution in [3.05, 3.63) is 92.1 Å². The molecule has 1 aliphatic rings. The lowest BCUT2D eigenvalue weighted by atomic mass is 9.89. The normalized spacial score (nSPS) is 19.9. The number of methoxy groups -OCH3 is 1.